The summed E-state index contributed by atoms with van der Waals surface area (Å²) in [4.78, 5) is 14.3. The van der Waals surface area contributed by atoms with Gasteiger partial charge in [-0.15, -0.1) is 0 Å². The maximum absolute atomic E-state index is 12.7. The number of amides is 2. The van der Waals surface area contributed by atoms with Crippen LogP contribution in [-0.4, -0.2) is 44.8 Å². The Kier molecular flexibility index (Phi) is 4.94. The third kappa shape index (κ3) is 3.61. The molecule has 6 nitrogen and oxygen atoms in total. The Labute approximate surface area is 147 Å². The van der Waals surface area contributed by atoms with E-state index in [0.29, 0.717) is 29.3 Å². The van der Waals surface area contributed by atoms with Gasteiger partial charge in [-0.2, -0.15) is 0 Å². The van der Waals surface area contributed by atoms with Gasteiger partial charge in [0.1, 0.15) is 5.75 Å². The molecule has 3 rings (SSSR count). The van der Waals surface area contributed by atoms with Crippen LogP contribution in [-0.2, 0) is 9.84 Å². The Morgan fingerprint density at radius 2 is 1.80 bits per heavy atom. The van der Waals surface area contributed by atoms with Crippen LogP contribution >= 0.6 is 0 Å². The summed E-state index contributed by atoms with van der Waals surface area (Å²) in [6.45, 7) is 0.579. The number of hydrogen-bond donors (Lipinski definition) is 1. The summed E-state index contributed by atoms with van der Waals surface area (Å²) in [5, 5.41) is 2.20. The van der Waals surface area contributed by atoms with E-state index < -0.39 is 15.1 Å². The van der Waals surface area contributed by atoms with Gasteiger partial charge in [0.15, 0.2) is 9.84 Å². The lowest BCUT2D eigenvalue weighted by molar-refractivity contribution is 0.222. The van der Waals surface area contributed by atoms with E-state index in [0.717, 1.165) is 0 Å². The lowest BCUT2D eigenvalue weighted by Gasteiger charge is -2.18. The SMILES string of the molecule is COc1ccccc1NC(=O)N1CCC(S(=O)(=O)c2ccccc2)C1. The lowest BCUT2D eigenvalue weighted by atomic mass is 10.3. The van der Waals surface area contributed by atoms with E-state index in [1.807, 2.05) is 6.07 Å². The van der Waals surface area contributed by atoms with Gasteiger partial charge in [-0.25, -0.2) is 13.2 Å². The summed E-state index contributed by atoms with van der Waals surface area (Å²) in [7, 11) is -1.91. The molecule has 2 aromatic carbocycles. The zero-order valence-electron chi connectivity index (χ0n) is 13.9. The van der Waals surface area contributed by atoms with Gasteiger partial charge in [-0.3, -0.25) is 0 Å². The number of carbonyl (C=O) groups is 1. The van der Waals surface area contributed by atoms with Crippen molar-refractivity contribution < 1.29 is 17.9 Å². The van der Waals surface area contributed by atoms with Crippen LogP contribution in [0.5, 0.6) is 5.75 Å². The number of rotatable bonds is 4. The van der Waals surface area contributed by atoms with E-state index in [2.05, 4.69) is 5.32 Å². The van der Waals surface area contributed by atoms with E-state index in [1.54, 1.807) is 48.5 Å². The zero-order chi connectivity index (χ0) is 17.9. The van der Waals surface area contributed by atoms with Crippen LogP contribution < -0.4 is 10.1 Å². The molecule has 7 heteroatoms. The summed E-state index contributed by atoms with van der Waals surface area (Å²) < 4.78 is 30.6. The second-order valence-electron chi connectivity index (χ2n) is 5.85. The van der Waals surface area contributed by atoms with Crippen molar-refractivity contribution in [3.8, 4) is 5.75 Å². The molecule has 0 aromatic heterocycles. The molecule has 1 N–H and O–H groups in total. The number of ether oxygens (including phenoxy) is 1. The van der Waals surface area contributed by atoms with Gasteiger partial charge in [-0.05, 0) is 30.7 Å². The van der Waals surface area contributed by atoms with Crippen molar-refractivity contribution in [1.29, 1.82) is 0 Å². The molecule has 1 saturated heterocycles. The molecule has 1 unspecified atom stereocenters. The Bertz CT molecular complexity index is 852. The highest BCUT2D eigenvalue weighted by Crippen LogP contribution is 2.26. The zero-order valence-corrected chi connectivity index (χ0v) is 14.7. The van der Waals surface area contributed by atoms with Crippen LogP contribution in [0.2, 0.25) is 0 Å². The molecule has 1 aliphatic heterocycles. The van der Waals surface area contributed by atoms with E-state index in [-0.39, 0.29) is 12.6 Å². The molecule has 0 aliphatic carbocycles. The monoisotopic (exact) mass is 360 g/mol. The quantitative estimate of drug-likeness (QED) is 0.910. The first-order valence-electron chi connectivity index (χ1n) is 8.00. The number of benzene rings is 2. The number of methoxy groups -OCH3 is 1. The minimum absolute atomic E-state index is 0.179. The number of sulfone groups is 1. The summed E-state index contributed by atoms with van der Waals surface area (Å²) in [6.07, 6.45) is 0.427. The molecule has 0 spiro atoms. The number of hydrogen-bond acceptors (Lipinski definition) is 4. The normalized spacial score (nSPS) is 17.3. The van der Waals surface area contributed by atoms with E-state index in [1.165, 1.54) is 12.0 Å². The first kappa shape index (κ1) is 17.3. The smallest absolute Gasteiger partial charge is 0.321 e. The fourth-order valence-electron chi connectivity index (χ4n) is 2.91. The van der Waals surface area contributed by atoms with Gasteiger partial charge in [0.05, 0.1) is 22.9 Å². The van der Waals surface area contributed by atoms with Crippen molar-refractivity contribution in [2.75, 3.05) is 25.5 Å². The van der Waals surface area contributed by atoms with Gasteiger partial charge in [0, 0.05) is 13.1 Å². The molecule has 2 aromatic rings. The third-order valence-electron chi connectivity index (χ3n) is 4.29. The van der Waals surface area contributed by atoms with Crippen molar-refractivity contribution in [1.82, 2.24) is 4.90 Å². The van der Waals surface area contributed by atoms with Crippen LogP contribution in [0.15, 0.2) is 59.5 Å². The number of nitrogens with zero attached hydrogens (tertiary/aromatic N) is 1. The Balaban J connectivity index is 1.69. The first-order valence-corrected chi connectivity index (χ1v) is 9.55. The summed E-state index contributed by atoms with van der Waals surface area (Å²) >= 11 is 0. The third-order valence-corrected chi connectivity index (χ3v) is 6.48. The van der Waals surface area contributed by atoms with Gasteiger partial charge >= 0.3 is 6.03 Å². The average molecular weight is 360 g/mol. The van der Waals surface area contributed by atoms with E-state index >= 15 is 0 Å². The second kappa shape index (κ2) is 7.14. The second-order valence-corrected chi connectivity index (χ2v) is 8.07. The van der Waals surface area contributed by atoms with Crippen LogP contribution in [0, 0.1) is 0 Å². The lowest BCUT2D eigenvalue weighted by Crippen LogP contribution is -2.35. The number of anilines is 1. The summed E-state index contributed by atoms with van der Waals surface area (Å²) in [6, 6.07) is 15.1. The molecule has 1 aliphatic rings. The van der Waals surface area contributed by atoms with Gasteiger partial charge in [0.25, 0.3) is 0 Å². The van der Waals surface area contributed by atoms with Crippen LogP contribution in [0.25, 0.3) is 0 Å². The van der Waals surface area contributed by atoms with E-state index in [4.69, 9.17) is 4.74 Å². The topological polar surface area (TPSA) is 75.7 Å². The first-order chi connectivity index (χ1) is 12.0. The predicted octanol–water partition coefficient (Wildman–Crippen LogP) is 2.78. The largest absolute Gasteiger partial charge is 0.495 e. The van der Waals surface area contributed by atoms with Crippen LogP contribution in [0.4, 0.5) is 10.5 Å². The fourth-order valence-corrected chi connectivity index (χ4v) is 4.62. The molecule has 1 heterocycles. The maximum atomic E-state index is 12.7. The van der Waals surface area contributed by atoms with Crippen LogP contribution in [0.3, 0.4) is 0 Å². The van der Waals surface area contributed by atoms with Crippen molar-refractivity contribution in [3.63, 3.8) is 0 Å². The molecular formula is C18H20N2O4S. The predicted molar refractivity (Wildman–Crippen MR) is 95.6 cm³/mol. The Morgan fingerprint density at radius 3 is 2.52 bits per heavy atom. The maximum Gasteiger partial charge on any atom is 0.321 e. The van der Waals surface area contributed by atoms with Crippen molar-refractivity contribution in [2.45, 2.75) is 16.6 Å². The Morgan fingerprint density at radius 1 is 1.12 bits per heavy atom. The van der Waals surface area contributed by atoms with E-state index in [9.17, 15) is 13.2 Å². The van der Waals surface area contributed by atoms with Gasteiger partial charge in [-0.1, -0.05) is 30.3 Å². The number of nitrogens with one attached hydrogen (secondary N) is 1. The van der Waals surface area contributed by atoms with Crippen molar-refractivity contribution in [2.24, 2.45) is 0 Å². The molecule has 0 saturated carbocycles. The summed E-state index contributed by atoms with van der Waals surface area (Å²) in [5.74, 6) is 0.559. The molecule has 2 amide bonds. The number of para-hydroxylation sites is 2. The van der Waals surface area contributed by atoms with Crippen molar-refractivity contribution in [3.05, 3.63) is 54.6 Å². The number of urea groups is 1. The molecule has 132 valence electrons. The Hall–Kier alpha value is -2.54. The minimum Gasteiger partial charge on any atom is -0.495 e. The minimum atomic E-state index is -3.44. The number of likely N-dealkylation sites (tertiary alicyclic amines) is 1. The molecule has 25 heavy (non-hydrogen) atoms. The summed E-state index contributed by atoms with van der Waals surface area (Å²) in [5.41, 5.74) is 0.560. The molecule has 1 fully saturated rings. The average Bonchev–Trinajstić information content (AvgIpc) is 3.14. The molecular weight excluding hydrogens is 340 g/mol. The standard InChI is InChI=1S/C18H20N2O4S/c1-24-17-10-6-5-9-16(17)19-18(21)20-12-11-15(13-20)25(22,23)14-7-3-2-4-8-14/h2-10,15H,11-13H2,1H3,(H,19,21). The van der Waals surface area contributed by atoms with Crippen LogP contribution in [0.1, 0.15) is 6.42 Å². The van der Waals surface area contributed by atoms with Gasteiger partial charge in [0.2, 0.25) is 0 Å². The number of carbonyl (C=O) groups excluding carboxylic acids is 1. The molecule has 1 atom stereocenters. The molecule has 0 bridgehead atoms. The van der Waals surface area contributed by atoms with Gasteiger partial charge < -0.3 is 15.0 Å². The fraction of sp³-hybridized carbons (Fsp3) is 0.278. The highest BCUT2D eigenvalue weighted by molar-refractivity contribution is 7.92. The highest BCUT2D eigenvalue weighted by atomic mass is 32.2. The van der Waals surface area contributed by atoms with Crippen molar-refractivity contribution >= 4 is 21.6 Å². The molecule has 0 radical (unpaired) electrons. The highest BCUT2D eigenvalue weighted by Gasteiger charge is 2.36.